The van der Waals surface area contributed by atoms with E-state index in [2.05, 4.69) is 41.5 Å². The molecule has 1 aromatic heterocycles. The first kappa shape index (κ1) is 24.6. The van der Waals surface area contributed by atoms with Crippen LogP contribution in [0.5, 0.6) is 11.5 Å². The maximum absolute atomic E-state index is 12.8. The van der Waals surface area contributed by atoms with Crippen LogP contribution in [-0.2, 0) is 9.53 Å². The lowest BCUT2D eigenvalue weighted by atomic mass is 10.0. The van der Waals surface area contributed by atoms with Gasteiger partial charge >= 0.3 is 0 Å². The molecule has 4 rings (SSSR count). The van der Waals surface area contributed by atoms with Crippen LogP contribution in [0.25, 0.3) is 10.6 Å². The second kappa shape index (κ2) is 11.3. The number of carbonyl (C=O) groups is 2. The van der Waals surface area contributed by atoms with Crippen molar-refractivity contribution < 1.29 is 23.8 Å². The molecule has 1 fully saturated rings. The summed E-state index contributed by atoms with van der Waals surface area (Å²) in [5.74, 6) is 0.719. The van der Waals surface area contributed by atoms with E-state index in [9.17, 15) is 9.59 Å². The van der Waals surface area contributed by atoms with Gasteiger partial charge in [0, 0.05) is 24.2 Å². The molecule has 0 saturated carbocycles. The SMILES string of the molecule is COc1cc(C(=O)Nc2nnc(-c3ccc(C(C)C)cc3)s2)ccc1OCC(=O)N1CCOCC1. The summed E-state index contributed by atoms with van der Waals surface area (Å²) in [6.07, 6.45) is 0. The molecule has 0 aliphatic carbocycles. The topological polar surface area (TPSA) is 103 Å². The molecule has 0 bridgehead atoms. The van der Waals surface area contributed by atoms with Crippen molar-refractivity contribution in [2.75, 3.05) is 45.3 Å². The predicted octanol–water partition coefficient (Wildman–Crippen LogP) is 3.83. The van der Waals surface area contributed by atoms with Crippen molar-refractivity contribution in [2.45, 2.75) is 19.8 Å². The maximum atomic E-state index is 12.8. The Kier molecular flexibility index (Phi) is 7.94. The molecule has 1 aliphatic heterocycles. The Morgan fingerprint density at radius 3 is 2.51 bits per heavy atom. The number of methoxy groups -OCH3 is 1. The lowest BCUT2D eigenvalue weighted by Crippen LogP contribution is -2.43. The fourth-order valence-corrected chi connectivity index (χ4v) is 4.29. The summed E-state index contributed by atoms with van der Waals surface area (Å²) >= 11 is 1.30. The number of nitrogens with zero attached hydrogens (tertiary/aromatic N) is 3. The summed E-state index contributed by atoms with van der Waals surface area (Å²) in [5, 5.41) is 12.2. The number of hydrogen-bond donors (Lipinski definition) is 1. The van der Waals surface area contributed by atoms with Crippen LogP contribution >= 0.6 is 11.3 Å². The van der Waals surface area contributed by atoms with Crippen LogP contribution < -0.4 is 14.8 Å². The summed E-state index contributed by atoms with van der Waals surface area (Å²) < 4.78 is 16.3. The van der Waals surface area contributed by atoms with Crippen molar-refractivity contribution in [3.63, 3.8) is 0 Å². The standard InChI is InChI=1S/C25H28N4O5S/c1-16(2)17-4-6-18(7-5-17)24-27-28-25(35-24)26-23(31)19-8-9-20(21(14-19)32-3)34-15-22(30)29-10-12-33-13-11-29/h4-9,14,16H,10-13,15H2,1-3H3,(H,26,28,31). The summed E-state index contributed by atoms with van der Waals surface area (Å²) in [5.41, 5.74) is 2.56. The van der Waals surface area contributed by atoms with Gasteiger partial charge in [-0.3, -0.25) is 14.9 Å². The van der Waals surface area contributed by atoms with Crippen molar-refractivity contribution in [2.24, 2.45) is 0 Å². The van der Waals surface area contributed by atoms with Crippen LogP contribution in [0.2, 0.25) is 0 Å². The van der Waals surface area contributed by atoms with Crippen molar-refractivity contribution in [3.05, 3.63) is 53.6 Å². The van der Waals surface area contributed by atoms with Gasteiger partial charge in [-0.05, 0) is 29.7 Å². The Morgan fingerprint density at radius 2 is 1.83 bits per heavy atom. The third-order valence-corrected chi connectivity index (χ3v) is 6.50. The number of anilines is 1. The average molecular weight is 497 g/mol. The van der Waals surface area contributed by atoms with E-state index >= 15 is 0 Å². The highest BCUT2D eigenvalue weighted by atomic mass is 32.1. The van der Waals surface area contributed by atoms with Gasteiger partial charge in [-0.1, -0.05) is 49.4 Å². The van der Waals surface area contributed by atoms with E-state index < -0.39 is 0 Å². The van der Waals surface area contributed by atoms with Crippen LogP contribution in [0.4, 0.5) is 5.13 Å². The van der Waals surface area contributed by atoms with E-state index in [-0.39, 0.29) is 18.4 Å². The van der Waals surface area contributed by atoms with E-state index in [0.717, 1.165) is 10.6 Å². The third kappa shape index (κ3) is 6.14. The molecule has 35 heavy (non-hydrogen) atoms. The zero-order valence-corrected chi connectivity index (χ0v) is 20.8. The minimum atomic E-state index is -0.350. The highest BCUT2D eigenvalue weighted by Gasteiger charge is 2.19. The minimum Gasteiger partial charge on any atom is -0.493 e. The number of carbonyl (C=O) groups excluding carboxylic acids is 2. The molecule has 2 heterocycles. The number of amides is 2. The molecule has 10 heteroatoms. The number of benzene rings is 2. The Morgan fingerprint density at radius 1 is 1.09 bits per heavy atom. The number of hydrogen-bond acceptors (Lipinski definition) is 8. The molecule has 0 spiro atoms. The number of rotatable bonds is 8. The van der Waals surface area contributed by atoms with Gasteiger partial charge < -0.3 is 19.1 Å². The zero-order valence-electron chi connectivity index (χ0n) is 19.9. The molecule has 0 atom stereocenters. The quantitative estimate of drug-likeness (QED) is 0.506. The molecule has 1 N–H and O–H groups in total. The lowest BCUT2D eigenvalue weighted by Gasteiger charge is -2.26. The third-order valence-electron chi connectivity index (χ3n) is 5.61. The second-order valence-corrected chi connectivity index (χ2v) is 9.27. The molecule has 2 amide bonds. The second-order valence-electron chi connectivity index (χ2n) is 8.29. The highest BCUT2D eigenvalue weighted by Crippen LogP contribution is 2.30. The van der Waals surface area contributed by atoms with Gasteiger partial charge in [0.2, 0.25) is 5.13 Å². The predicted molar refractivity (Wildman–Crippen MR) is 133 cm³/mol. The van der Waals surface area contributed by atoms with E-state index in [1.54, 1.807) is 23.1 Å². The van der Waals surface area contributed by atoms with Gasteiger partial charge in [-0.2, -0.15) is 0 Å². The van der Waals surface area contributed by atoms with E-state index in [4.69, 9.17) is 14.2 Å². The molecule has 0 radical (unpaired) electrons. The Labute approximate surface area is 208 Å². The van der Waals surface area contributed by atoms with E-state index in [0.29, 0.717) is 54.4 Å². The normalized spacial score (nSPS) is 13.5. The Balaban J connectivity index is 1.38. The summed E-state index contributed by atoms with van der Waals surface area (Å²) in [6.45, 7) is 6.33. The van der Waals surface area contributed by atoms with Gasteiger partial charge in [-0.25, -0.2) is 0 Å². The number of nitrogens with one attached hydrogen (secondary N) is 1. The van der Waals surface area contributed by atoms with Crippen molar-refractivity contribution in [3.8, 4) is 22.1 Å². The van der Waals surface area contributed by atoms with E-state index in [1.165, 1.54) is 24.0 Å². The monoisotopic (exact) mass is 496 g/mol. The van der Waals surface area contributed by atoms with Gasteiger partial charge in [0.05, 0.1) is 20.3 Å². The van der Waals surface area contributed by atoms with Gasteiger partial charge in [0.15, 0.2) is 18.1 Å². The number of ether oxygens (including phenoxy) is 3. The summed E-state index contributed by atoms with van der Waals surface area (Å²) in [7, 11) is 1.48. The fourth-order valence-electron chi connectivity index (χ4n) is 3.54. The molecule has 3 aromatic rings. The molecule has 1 aliphatic rings. The molecule has 2 aromatic carbocycles. The number of morpholine rings is 1. The largest absolute Gasteiger partial charge is 0.493 e. The van der Waals surface area contributed by atoms with Crippen molar-refractivity contribution in [1.29, 1.82) is 0 Å². The van der Waals surface area contributed by atoms with Crippen molar-refractivity contribution in [1.82, 2.24) is 15.1 Å². The summed E-state index contributed by atoms with van der Waals surface area (Å²) in [4.78, 5) is 26.8. The Bertz CT molecular complexity index is 1170. The van der Waals surface area contributed by atoms with Crippen molar-refractivity contribution >= 4 is 28.3 Å². The average Bonchev–Trinajstić information content (AvgIpc) is 3.36. The first-order valence-electron chi connectivity index (χ1n) is 11.4. The van der Waals surface area contributed by atoms with Gasteiger partial charge in [0.1, 0.15) is 5.01 Å². The van der Waals surface area contributed by atoms with Crippen LogP contribution in [0, 0.1) is 0 Å². The molecule has 184 valence electrons. The molecular weight excluding hydrogens is 468 g/mol. The molecule has 0 unspecified atom stereocenters. The molecule has 9 nitrogen and oxygen atoms in total. The first-order valence-corrected chi connectivity index (χ1v) is 12.2. The first-order chi connectivity index (χ1) is 16.9. The lowest BCUT2D eigenvalue weighted by molar-refractivity contribution is -0.137. The maximum Gasteiger partial charge on any atom is 0.260 e. The Hall–Kier alpha value is -3.50. The van der Waals surface area contributed by atoms with Crippen LogP contribution in [0.15, 0.2) is 42.5 Å². The summed E-state index contributed by atoms with van der Waals surface area (Å²) in [6, 6.07) is 13.0. The number of aromatic nitrogens is 2. The van der Waals surface area contributed by atoms with Gasteiger partial charge in [-0.15, -0.1) is 10.2 Å². The minimum absolute atomic E-state index is 0.117. The zero-order chi connectivity index (χ0) is 24.8. The smallest absolute Gasteiger partial charge is 0.260 e. The van der Waals surface area contributed by atoms with Crippen LogP contribution in [0.3, 0.4) is 0 Å². The molecular formula is C25H28N4O5S. The highest BCUT2D eigenvalue weighted by molar-refractivity contribution is 7.18. The van der Waals surface area contributed by atoms with Gasteiger partial charge in [0.25, 0.3) is 11.8 Å². The fraction of sp³-hybridized carbons (Fsp3) is 0.360. The van der Waals surface area contributed by atoms with Crippen LogP contribution in [0.1, 0.15) is 35.7 Å². The molecule has 1 saturated heterocycles. The van der Waals surface area contributed by atoms with Crippen LogP contribution in [-0.4, -0.2) is 66.9 Å². The van der Waals surface area contributed by atoms with E-state index in [1.807, 2.05) is 12.1 Å².